The van der Waals surface area contributed by atoms with E-state index < -0.39 is 0 Å². The van der Waals surface area contributed by atoms with Gasteiger partial charge >= 0.3 is 0 Å². The van der Waals surface area contributed by atoms with Gasteiger partial charge in [-0.05, 0) is 37.2 Å². The van der Waals surface area contributed by atoms with Gasteiger partial charge in [-0.1, -0.05) is 24.6 Å². The van der Waals surface area contributed by atoms with Gasteiger partial charge in [-0.2, -0.15) is 0 Å². The lowest BCUT2D eigenvalue weighted by Gasteiger charge is -2.25. The van der Waals surface area contributed by atoms with Gasteiger partial charge in [0.15, 0.2) is 0 Å². The molecule has 2 heteroatoms. The Kier molecular flexibility index (Phi) is 3.06. The van der Waals surface area contributed by atoms with Crippen LogP contribution in [0.25, 0.3) is 0 Å². The standard InChI is InChI=1S/C15H21NO/c1-17-10-13-4-2-3-5-14(13)16-15-9-11-6-7-12(15)8-11/h2-5,11-12,15-16H,6-10H2,1H3. The van der Waals surface area contributed by atoms with Crippen LogP contribution >= 0.6 is 0 Å². The van der Waals surface area contributed by atoms with Gasteiger partial charge in [-0.25, -0.2) is 0 Å². The summed E-state index contributed by atoms with van der Waals surface area (Å²) in [6.07, 6.45) is 5.70. The highest BCUT2D eigenvalue weighted by molar-refractivity contribution is 5.51. The lowest BCUT2D eigenvalue weighted by atomic mass is 9.95. The summed E-state index contributed by atoms with van der Waals surface area (Å²) in [5, 5.41) is 3.75. The Balaban J connectivity index is 1.72. The predicted octanol–water partition coefficient (Wildman–Crippen LogP) is 3.43. The number of para-hydroxylation sites is 1. The zero-order chi connectivity index (χ0) is 11.7. The zero-order valence-electron chi connectivity index (χ0n) is 10.5. The van der Waals surface area contributed by atoms with Crippen molar-refractivity contribution in [2.45, 2.75) is 38.3 Å². The molecule has 1 aromatic carbocycles. The highest BCUT2D eigenvalue weighted by Crippen LogP contribution is 2.45. The van der Waals surface area contributed by atoms with Gasteiger partial charge in [0.2, 0.25) is 0 Å². The molecular formula is C15H21NO. The third-order valence-corrected chi connectivity index (χ3v) is 4.40. The van der Waals surface area contributed by atoms with E-state index in [0.717, 1.165) is 11.8 Å². The average Bonchev–Trinajstić information content (AvgIpc) is 2.94. The van der Waals surface area contributed by atoms with Crippen LogP contribution in [0, 0.1) is 11.8 Å². The first kappa shape index (κ1) is 11.1. The van der Waals surface area contributed by atoms with Gasteiger partial charge in [-0.3, -0.25) is 0 Å². The highest BCUT2D eigenvalue weighted by atomic mass is 16.5. The molecule has 1 N–H and O–H groups in total. The fourth-order valence-electron chi connectivity index (χ4n) is 3.56. The first-order chi connectivity index (χ1) is 8.36. The second-order valence-corrected chi connectivity index (χ2v) is 5.52. The molecule has 3 rings (SSSR count). The van der Waals surface area contributed by atoms with Crippen LogP contribution in [0.5, 0.6) is 0 Å². The molecule has 3 unspecified atom stereocenters. The van der Waals surface area contributed by atoms with E-state index in [1.807, 2.05) is 0 Å². The zero-order valence-corrected chi connectivity index (χ0v) is 10.5. The monoisotopic (exact) mass is 231 g/mol. The van der Waals surface area contributed by atoms with E-state index in [0.29, 0.717) is 12.6 Å². The second kappa shape index (κ2) is 4.69. The number of fused-ring (bicyclic) bond motifs is 2. The molecule has 0 amide bonds. The summed E-state index contributed by atoms with van der Waals surface area (Å²) in [7, 11) is 1.76. The van der Waals surface area contributed by atoms with Gasteiger partial charge in [-0.15, -0.1) is 0 Å². The number of anilines is 1. The molecule has 92 valence electrons. The molecular weight excluding hydrogens is 210 g/mol. The van der Waals surface area contributed by atoms with E-state index in [1.165, 1.54) is 36.9 Å². The van der Waals surface area contributed by atoms with Crippen molar-refractivity contribution < 1.29 is 4.74 Å². The Morgan fingerprint density at radius 1 is 1.24 bits per heavy atom. The molecule has 17 heavy (non-hydrogen) atoms. The van der Waals surface area contributed by atoms with Crippen molar-refractivity contribution in [1.82, 2.24) is 0 Å². The number of rotatable bonds is 4. The van der Waals surface area contributed by atoms with Crippen molar-refractivity contribution in [2.75, 3.05) is 12.4 Å². The van der Waals surface area contributed by atoms with Crippen LogP contribution in [0.3, 0.4) is 0 Å². The molecule has 2 bridgehead atoms. The molecule has 0 radical (unpaired) electrons. The molecule has 0 heterocycles. The van der Waals surface area contributed by atoms with E-state index in [2.05, 4.69) is 29.6 Å². The van der Waals surface area contributed by atoms with E-state index in [-0.39, 0.29) is 0 Å². The topological polar surface area (TPSA) is 21.3 Å². The van der Waals surface area contributed by atoms with Crippen molar-refractivity contribution in [3.63, 3.8) is 0 Å². The van der Waals surface area contributed by atoms with E-state index in [9.17, 15) is 0 Å². The Hall–Kier alpha value is -1.02. The first-order valence-electron chi connectivity index (χ1n) is 6.70. The molecule has 2 saturated carbocycles. The minimum absolute atomic E-state index is 0.698. The molecule has 1 aromatic rings. The molecule has 0 aliphatic heterocycles. The molecule has 0 spiro atoms. The van der Waals surface area contributed by atoms with E-state index >= 15 is 0 Å². The fraction of sp³-hybridized carbons (Fsp3) is 0.600. The van der Waals surface area contributed by atoms with Crippen LogP contribution in [0.2, 0.25) is 0 Å². The van der Waals surface area contributed by atoms with Crippen molar-refractivity contribution in [2.24, 2.45) is 11.8 Å². The highest BCUT2D eigenvalue weighted by Gasteiger charge is 2.39. The largest absolute Gasteiger partial charge is 0.382 e. The third kappa shape index (κ3) is 2.19. The summed E-state index contributed by atoms with van der Waals surface area (Å²) >= 11 is 0. The molecule has 2 aliphatic rings. The third-order valence-electron chi connectivity index (χ3n) is 4.40. The number of hydrogen-bond acceptors (Lipinski definition) is 2. The molecule has 2 aliphatic carbocycles. The first-order valence-corrected chi connectivity index (χ1v) is 6.70. The number of hydrogen-bond donors (Lipinski definition) is 1. The van der Waals surface area contributed by atoms with Gasteiger partial charge in [0.25, 0.3) is 0 Å². The van der Waals surface area contributed by atoms with Crippen molar-refractivity contribution in [1.29, 1.82) is 0 Å². The quantitative estimate of drug-likeness (QED) is 0.857. The van der Waals surface area contributed by atoms with Crippen molar-refractivity contribution >= 4 is 5.69 Å². The smallest absolute Gasteiger partial charge is 0.0733 e. The number of ether oxygens (including phenoxy) is 1. The minimum atomic E-state index is 0.698. The summed E-state index contributed by atoms with van der Waals surface area (Å²) in [5.41, 5.74) is 2.55. The summed E-state index contributed by atoms with van der Waals surface area (Å²) < 4.78 is 5.25. The van der Waals surface area contributed by atoms with Crippen LogP contribution in [-0.2, 0) is 11.3 Å². The van der Waals surface area contributed by atoms with Gasteiger partial charge in [0, 0.05) is 24.4 Å². The normalized spacial score (nSPS) is 30.8. The summed E-state index contributed by atoms with van der Waals surface area (Å²) in [6, 6.07) is 9.22. The van der Waals surface area contributed by atoms with Gasteiger partial charge < -0.3 is 10.1 Å². The van der Waals surface area contributed by atoms with E-state index in [1.54, 1.807) is 7.11 Å². The fourth-order valence-corrected chi connectivity index (χ4v) is 3.56. The molecule has 3 atom stereocenters. The van der Waals surface area contributed by atoms with Crippen molar-refractivity contribution in [3.05, 3.63) is 29.8 Å². The van der Waals surface area contributed by atoms with Crippen LogP contribution < -0.4 is 5.32 Å². The van der Waals surface area contributed by atoms with Gasteiger partial charge in [0.05, 0.1) is 6.61 Å². The lowest BCUT2D eigenvalue weighted by Crippen LogP contribution is -2.26. The number of nitrogens with one attached hydrogen (secondary N) is 1. The molecule has 0 saturated heterocycles. The van der Waals surface area contributed by atoms with Crippen molar-refractivity contribution in [3.8, 4) is 0 Å². The lowest BCUT2D eigenvalue weighted by molar-refractivity contribution is 0.185. The van der Waals surface area contributed by atoms with Crippen LogP contribution in [-0.4, -0.2) is 13.2 Å². The SMILES string of the molecule is COCc1ccccc1NC1CC2CCC1C2. The summed E-state index contributed by atoms with van der Waals surface area (Å²) in [4.78, 5) is 0. The summed E-state index contributed by atoms with van der Waals surface area (Å²) in [6.45, 7) is 0.698. The maximum atomic E-state index is 5.25. The van der Waals surface area contributed by atoms with Crippen LogP contribution in [0.1, 0.15) is 31.2 Å². The van der Waals surface area contributed by atoms with Crippen LogP contribution in [0.15, 0.2) is 24.3 Å². The molecule has 2 nitrogen and oxygen atoms in total. The number of benzene rings is 1. The minimum Gasteiger partial charge on any atom is -0.382 e. The Labute approximate surface area is 103 Å². The summed E-state index contributed by atoms with van der Waals surface area (Å²) in [5.74, 6) is 1.91. The van der Waals surface area contributed by atoms with Crippen LogP contribution in [0.4, 0.5) is 5.69 Å². The average molecular weight is 231 g/mol. The maximum Gasteiger partial charge on any atom is 0.0733 e. The maximum absolute atomic E-state index is 5.25. The van der Waals surface area contributed by atoms with Gasteiger partial charge in [0.1, 0.15) is 0 Å². The van der Waals surface area contributed by atoms with E-state index in [4.69, 9.17) is 4.74 Å². The second-order valence-electron chi connectivity index (χ2n) is 5.52. The number of methoxy groups -OCH3 is 1. The Bertz CT molecular complexity index is 390. The predicted molar refractivity (Wildman–Crippen MR) is 70.0 cm³/mol. The molecule has 2 fully saturated rings. The Morgan fingerprint density at radius 3 is 2.82 bits per heavy atom. The molecule has 0 aromatic heterocycles. The Morgan fingerprint density at radius 2 is 2.12 bits per heavy atom.